The van der Waals surface area contributed by atoms with Gasteiger partial charge >= 0.3 is 0 Å². The number of para-hydroxylation sites is 1. The summed E-state index contributed by atoms with van der Waals surface area (Å²) in [7, 11) is 3.50. The van der Waals surface area contributed by atoms with Crippen LogP contribution in [0, 0.1) is 13.8 Å². The van der Waals surface area contributed by atoms with Crippen LogP contribution in [-0.4, -0.2) is 28.5 Å². The van der Waals surface area contributed by atoms with E-state index in [1.54, 1.807) is 37.4 Å². The molecule has 0 bridgehead atoms. The standard InChI is InChI=1S/C29H26N2O4/c1-17-9-10-19(15-18(17)2)27(32)25-26(23-16-30(3)24-8-6-5-7-22(23)24)31(29(34)28(25)33)20-11-13-21(35-4)14-12-20/h5-16,26,32H,1-4H3/b27-25+. The van der Waals surface area contributed by atoms with E-state index in [1.807, 2.05) is 68.1 Å². The van der Waals surface area contributed by atoms with E-state index in [0.717, 1.165) is 27.6 Å². The first kappa shape index (κ1) is 22.5. The summed E-state index contributed by atoms with van der Waals surface area (Å²) in [5, 5.41) is 12.3. The van der Waals surface area contributed by atoms with Crippen LogP contribution in [0.2, 0.25) is 0 Å². The van der Waals surface area contributed by atoms with Gasteiger partial charge in [0, 0.05) is 41.0 Å². The lowest BCUT2D eigenvalue weighted by Gasteiger charge is -2.25. The molecule has 1 amide bonds. The number of methoxy groups -OCH3 is 1. The molecule has 1 atom stereocenters. The van der Waals surface area contributed by atoms with E-state index in [9.17, 15) is 14.7 Å². The molecule has 4 aromatic rings. The Morgan fingerprint density at radius 2 is 1.66 bits per heavy atom. The van der Waals surface area contributed by atoms with Crippen LogP contribution in [0.4, 0.5) is 5.69 Å². The number of hydrogen-bond acceptors (Lipinski definition) is 4. The predicted octanol–water partition coefficient (Wildman–Crippen LogP) is 5.43. The van der Waals surface area contributed by atoms with Crippen LogP contribution < -0.4 is 9.64 Å². The first-order valence-electron chi connectivity index (χ1n) is 11.4. The minimum absolute atomic E-state index is 0.0745. The van der Waals surface area contributed by atoms with Gasteiger partial charge in [-0.15, -0.1) is 0 Å². The van der Waals surface area contributed by atoms with Gasteiger partial charge in [-0.25, -0.2) is 0 Å². The second-order valence-corrected chi connectivity index (χ2v) is 8.88. The lowest BCUT2D eigenvalue weighted by Crippen LogP contribution is -2.29. The highest BCUT2D eigenvalue weighted by molar-refractivity contribution is 6.51. The number of fused-ring (bicyclic) bond motifs is 1. The molecule has 0 aliphatic carbocycles. The molecular weight excluding hydrogens is 440 g/mol. The maximum atomic E-state index is 13.5. The van der Waals surface area contributed by atoms with Crippen molar-refractivity contribution >= 4 is 34.0 Å². The monoisotopic (exact) mass is 466 g/mol. The van der Waals surface area contributed by atoms with E-state index in [0.29, 0.717) is 17.0 Å². The van der Waals surface area contributed by atoms with Crippen molar-refractivity contribution in [3.63, 3.8) is 0 Å². The van der Waals surface area contributed by atoms with Crippen LogP contribution in [-0.2, 0) is 16.6 Å². The maximum Gasteiger partial charge on any atom is 0.300 e. The van der Waals surface area contributed by atoms with Crippen molar-refractivity contribution in [3.05, 3.63) is 101 Å². The second-order valence-electron chi connectivity index (χ2n) is 8.88. The summed E-state index contributed by atoms with van der Waals surface area (Å²) in [4.78, 5) is 28.4. The molecule has 1 aliphatic heterocycles. The summed E-state index contributed by atoms with van der Waals surface area (Å²) in [5.41, 5.74) is 4.92. The summed E-state index contributed by atoms with van der Waals surface area (Å²) in [6, 6.07) is 19.5. The van der Waals surface area contributed by atoms with Crippen molar-refractivity contribution in [1.29, 1.82) is 0 Å². The number of ether oxygens (including phenoxy) is 1. The molecule has 3 aromatic carbocycles. The quantitative estimate of drug-likeness (QED) is 0.247. The van der Waals surface area contributed by atoms with Crippen LogP contribution in [0.25, 0.3) is 16.7 Å². The number of hydrogen-bond donors (Lipinski definition) is 1. The van der Waals surface area contributed by atoms with Crippen molar-refractivity contribution in [2.75, 3.05) is 12.0 Å². The third-order valence-corrected chi connectivity index (χ3v) is 6.80. The van der Waals surface area contributed by atoms with Gasteiger partial charge in [-0.05, 0) is 61.4 Å². The first-order valence-corrected chi connectivity index (χ1v) is 11.4. The summed E-state index contributed by atoms with van der Waals surface area (Å²) in [5.74, 6) is -0.935. The molecular formula is C29H26N2O4. The molecule has 6 nitrogen and oxygen atoms in total. The fourth-order valence-electron chi connectivity index (χ4n) is 4.77. The number of aryl methyl sites for hydroxylation is 3. The van der Waals surface area contributed by atoms with Crippen LogP contribution in [0.1, 0.15) is 28.3 Å². The third kappa shape index (κ3) is 3.58. The lowest BCUT2D eigenvalue weighted by atomic mass is 9.94. The molecule has 176 valence electrons. The molecule has 1 unspecified atom stereocenters. The minimum atomic E-state index is -0.795. The summed E-state index contributed by atoms with van der Waals surface area (Å²) in [6.07, 6.45) is 1.92. The average molecular weight is 467 g/mol. The number of aliphatic hydroxyl groups excluding tert-OH is 1. The Morgan fingerprint density at radius 3 is 2.34 bits per heavy atom. The Balaban J connectivity index is 1.79. The topological polar surface area (TPSA) is 71.8 Å². The number of benzene rings is 3. The number of Topliss-reactive ketones (excluding diaryl/α,β-unsaturated/α-hetero) is 1. The first-order chi connectivity index (χ1) is 16.8. The minimum Gasteiger partial charge on any atom is -0.507 e. The molecule has 5 rings (SSSR count). The van der Waals surface area contributed by atoms with Crippen LogP contribution in [0.15, 0.2) is 78.5 Å². The van der Waals surface area contributed by atoms with Crippen LogP contribution in [0.5, 0.6) is 5.75 Å². The Bertz CT molecular complexity index is 1510. The number of carbonyl (C=O) groups is 2. The van der Waals surface area contributed by atoms with Gasteiger partial charge in [0.2, 0.25) is 0 Å². The Morgan fingerprint density at radius 1 is 0.943 bits per heavy atom. The number of ketones is 1. The van der Waals surface area contributed by atoms with Crippen molar-refractivity contribution in [2.24, 2.45) is 7.05 Å². The molecule has 0 radical (unpaired) electrons. The molecule has 6 heteroatoms. The number of aliphatic hydroxyl groups is 1. The number of rotatable bonds is 4. The Kier molecular flexibility index (Phi) is 5.44. The second kappa shape index (κ2) is 8.47. The normalized spacial score (nSPS) is 17.4. The summed E-state index contributed by atoms with van der Waals surface area (Å²) < 4.78 is 7.23. The summed E-state index contributed by atoms with van der Waals surface area (Å²) in [6.45, 7) is 3.93. The fourth-order valence-corrected chi connectivity index (χ4v) is 4.77. The fraction of sp³-hybridized carbons (Fsp3) is 0.172. The smallest absolute Gasteiger partial charge is 0.300 e. The lowest BCUT2D eigenvalue weighted by molar-refractivity contribution is -0.132. The number of anilines is 1. The molecule has 1 aliphatic rings. The molecule has 1 saturated heterocycles. The largest absolute Gasteiger partial charge is 0.507 e. The zero-order valence-corrected chi connectivity index (χ0v) is 20.1. The number of nitrogens with zero attached hydrogens (tertiary/aromatic N) is 2. The Labute approximate surface area is 203 Å². The van der Waals surface area contributed by atoms with E-state index < -0.39 is 17.7 Å². The molecule has 0 spiro atoms. The van der Waals surface area contributed by atoms with Gasteiger partial charge < -0.3 is 14.4 Å². The molecule has 1 aromatic heterocycles. The molecule has 1 N–H and O–H groups in total. The Hall–Kier alpha value is -4.32. The highest BCUT2D eigenvalue weighted by Gasteiger charge is 2.47. The molecule has 0 saturated carbocycles. The van der Waals surface area contributed by atoms with E-state index in [1.165, 1.54) is 4.90 Å². The number of amides is 1. The van der Waals surface area contributed by atoms with Gasteiger partial charge in [-0.2, -0.15) is 0 Å². The van der Waals surface area contributed by atoms with Crippen LogP contribution >= 0.6 is 0 Å². The van der Waals surface area contributed by atoms with Crippen molar-refractivity contribution in [3.8, 4) is 5.75 Å². The summed E-state index contributed by atoms with van der Waals surface area (Å²) >= 11 is 0. The van der Waals surface area contributed by atoms with Crippen LogP contribution in [0.3, 0.4) is 0 Å². The highest BCUT2D eigenvalue weighted by atomic mass is 16.5. The van der Waals surface area contributed by atoms with E-state index in [-0.39, 0.29) is 11.3 Å². The van der Waals surface area contributed by atoms with Gasteiger partial charge in [0.1, 0.15) is 11.5 Å². The predicted molar refractivity (Wildman–Crippen MR) is 137 cm³/mol. The zero-order valence-electron chi connectivity index (χ0n) is 20.1. The van der Waals surface area contributed by atoms with E-state index in [2.05, 4.69) is 0 Å². The number of carbonyl (C=O) groups excluding carboxylic acids is 2. The van der Waals surface area contributed by atoms with E-state index >= 15 is 0 Å². The van der Waals surface area contributed by atoms with E-state index in [4.69, 9.17) is 4.74 Å². The molecule has 1 fully saturated rings. The van der Waals surface area contributed by atoms with Gasteiger partial charge in [0.15, 0.2) is 0 Å². The van der Waals surface area contributed by atoms with Gasteiger partial charge in [-0.1, -0.05) is 30.3 Å². The zero-order chi connectivity index (χ0) is 24.9. The van der Waals surface area contributed by atoms with Gasteiger partial charge in [-0.3, -0.25) is 14.5 Å². The van der Waals surface area contributed by atoms with Crippen molar-refractivity contribution < 1.29 is 19.4 Å². The molecule has 35 heavy (non-hydrogen) atoms. The van der Waals surface area contributed by atoms with Crippen molar-refractivity contribution in [2.45, 2.75) is 19.9 Å². The SMILES string of the molecule is COc1ccc(N2C(=O)C(=O)/C(=C(/O)c3ccc(C)c(C)c3)C2c2cn(C)c3ccccc23)cc1. The highest BCUT2D eigenvalue weighted by Crippen LogP contribution is 2.45. The number of aromatic nitrogens is 1. The average Bonchev–Trinajstić information content (AvgIpc) is 3.34. The van der Waals surface area contributed by atoms with Crippen molar-refractivity contribution in [1.82, 2.24) is 4.57 Å². The van der Waals surface area contributed by atoms with Gasteiger partial charge in [0.25, 0.3) is 11.7 Å². The van der Waals surface area contributed by atoms with Gasteiger partial charge in [0.05, 0.1) is 18.7 Å². The third-order valence-electron chi connectivity index (χ3n) is 6.80. The maximum absolute atomic E-state index is 13.5. The molecule has 2 heterocycles.